The lowest BCUT2D eigenvalue weighted by atomic mass is 10.1. The van der Waals surface area contributed by atoms with Crippen LogP contribution in [0.1, 0.15) is 37.8 Å². The molecule has 0 aliphatic carbocycles. The highest BCUT2D eigenvalue weighted by Gasteiger charge is 2.01. The van der Waals surface area contributed by atoms with E-state index in [1.54, 1.807) is 0 Å². The summed E-state index contributed by atoms with van der Waals surface area (Å²) in [7, 11) is 0. The van der Waals surface area contributed by atoms with Crippen LogP contribution in [-0.2, 0) is 5.75 Å². The van der Waals surface area contributed by atoms with Gasteiger partial charge in [0.1, 0.15) is 0 Å². The summed E-state index contributed by atoms with van der Waals surface area (Å²) in [5, 5.41) is 3.53. The SMILES string of the molecule is CCCNC(C)CCSCc1ccccc1C. The van der Waals surface area contributed by atoms with Crippen molar-refractivity contribution in [1.82, 2.24) is 5.32 Å². The zero-order valence-corrected chi connectivity index (χ0v) is 12.1. The third kappa shape index (κ3) is 6.13. The van der Waals surface area contributed by atoms with Crippen LogP contribution in [0.15, 0.2) is 24.3 Å². The first kappa shape index (κ1) is 14.6. The molecule has 0 radical (unpaired) electrons. The van der Waals surface area contributed by atoms with E-state index in [-0.39, 0.29) is 0 Å². The largest absolute Gasteiger partial charge is 0.314 e. The standard InChI is InChI=1S/C15H25NS/c1-4-10-16-14(3)9-11-17-12-15-8-6-5-7-13(15)2/h5-8,14,16H,4,9-12H2,1-3H3. The Bertz CT molecular complexity index is 312. The zero-order chi connectivity index (χ0) is 12.5. The molecule has 1 nitrogen and oxygen atoms in total. The van der Waals surface area contributed by atoms with Crippen molar-refractivity contribution in [3.05, 3.63) is 35.4 Å². The number of hydrogen-bond acceptors (Lipinski definition) is 2. The fourth-order valence-electron chi connectivity index (χ4n) is 1.71. The van der Waals surface area contributed by atoms with Crippen molar-refractivity contribution in [2.75, 3.05) is 12.3 Å². The van der Waals surface area contributed by atoms with E-state index in [1.165, 1.54) is 29.7 Å². The highest BCUT2D eigenvalue weighted by Crippen LogP contribution is 2.16. The lowest BCUT2D eigenvalue weighted by molar-refractivity contribution is 0.536. The summed E-state index contributed by atoms with van der Waals surface area (Å²) in [5.41, 5.74) is 2.89. The minimum Gasteiger partial charge on any atom is -0.314 e. The fourth-order valence-corrected chi connectivity index (χ4v) is 2.92. The monoisotopic (exact) mass is 251 g/mol. The summed E-state index contributed by atoms with van der Waals surface area (Å²) in [6.45, 7) is 7.83. The minimum absolute atomic E-state index is 0.652. The minimum atomic E-state index is 0.652. The summed E-state index contributed by atoms with van der Waals surface area (Å²) in [6.07, 6.45) is 2.48. The molecular formula is C15H25NS. The quantitative estimate of drug-likeness (QED) is 0.701. The molecule has 96 valence electrons. The summed E-state index contributed by atoms with van der Waals surface area (Å²) >= 11 is 2.04. The maximum Gasteiger partial charge on any atom is 0.0187 e. The van der Waals surface area contributed by atoms with Gasteiger partial charge < -0.3 is 5.32 Å². The second-order valence-electron chi connectivity index (χ2n) is 4.62. The van der Waals surface area contributed by atoms with Crippen LogP contribution in [0.5, 0.6) is 0 Å². The van der Waals surface area contributed by atoms with Crippen LogP contribution < -0.4 is 5.32 Å². The van der Waals surface area contributed by atoms with Crippen LogP contribution in [-0.4, -0.2) is 18.3 Å². The first-order valence-electron chi connectivity index (χ1n) is 6.59. The molecule has 0 amide bonds. The van der Waals surface area contributed by atoms with Crippen molar-refractivity contribution in [2.45, 2.75) is 45.4 Å². The number of nitrogens with one attached hydrogen (secondary N) is 1. The van der Waals surface area contributed by atoms with Crippen LogP contribution >= 0.6 is 11.8 Å². The molecule has 0 bridgehead atoms. The van der Waals surface area contributed by atoms with Crippen LogP contribution in [0.2, 0.25) is 0 Å². The molecule has 17 heavy (non-hydrogen) atoms. The topological polar surface area (TPSA) is 12.0 Å². The van der Waals surface area contributed by atoms with Gasteiger partial charge in [-0.1, -0.05) is 31.2 Å². The molecular weight excluding hydrogens is 226 g/mol. The molecule has 1 unspecified atom stereocenters. The first-order chi connectivity index (χ1) is 8.24. The zero-order valence-electron chi connectivity index (χ0n) is 11.3. The van der Waals surface area contributed by atoms with Crippen molar-refractivity contribution >= 4 is 11.8 Å². The molecule has 0 aliphatic heterocycles. The van der Waals surface area contributed by atoms with E-state index < -0.39 is 0 Å². The fraction of sp³-hybridized carbons (Fsp3) is 0.600. The summed E-state index contributed by atoms with van der Waals surface area (Å²) < 4.78 is 0. The highest BCUT2D eigenvalue weighted by atomic mass is 32.2. The Morgan fingerprint density at radius 1 is 1.29 bits per heavy atom. The van der Waals surface area contributed by atoms with Crippen molar-refractivity contribution in [3.63, 3.8) is 0 Å². The number of hydrogen-bond donors (Lipinski definition) is 1. The molecule has 1 atom stereocenters. The third-order valence-corrected chi connectivity index (χ3v) is 4.00. The number of rotatable bonds is 8. The second kappa shape index (κ2) is 8.60. The summed E-state index contributed by atoms with van der Waals surface area (Å²) in [4.78, 5) is 0. The molecule has 1 rings (SSSR count). The molecule has 1 N–H and O–H groups in total. The maximum atomic E-state index is 3.53. The predicted molar refractivity (Wildman–Crippen MR) is 79.7 cm³/mol. The third-order valence-electron chi connectivity index (χ3n) is 2.96. The smallest absolute Gasteiger partial charge is 0.0187 e. The van der Waals surface area contributed by atoms with E-state index in [1.807, 2.05) is 11.8 Å². The van der Waals surface area contributed by atoms with Gasteiger partial charge in [-0.15, -0.1) is 0 Å². The molecule has 0 aromatic heterocycles. The second-order valence-corrected chi connectivity index (χ2v) is 5.73. The molecule has 0 spiro atoms. The average molecular weight is 251 g/mol. The van der Waals surface area contributed by atoms with E-state index in [4.69, 9.17) is 0 Å². The Hall–Kier alpha value is -0.470. The van der Waals surface area contributed by atoms with Crippen LogP contribution in [0.4, 0.5) is 0 Å². The Labute approximate surface area is 110 Å². The normalized spacial score (nSPS) is 12.6. The maximum absolute atomic E-state index is 3.53. The van der Waals surface area contributed by atoms with Crippen LogP contribution in [0, 0.1) is 6.92 Å². The number of aryl methyl sites for hydroxylation is 1. The van der Waals surface area contributed by atoms with Gasteiger partial charge in [0.25, 0.3) is 0 Å². The van der Waals surface area contributed by atoms with Gasteiger partial charge in [-0.25, -0.2) is 0 Å². The van der Waals surface area contributed by atoms with E-state index >= 15 is 0 Å². The van der Waals surface area contributed by atoms with Gasteiger partial charge in [0, 0.05) is 11.8 Å². The number of thioether (sulfide) groups is 1. The predicted octanol–water partition coefficient (Wildman–Crippen LogP) is 4.01. The Morgan fingerprint density at radius 2 is 2.06 bits per heavy atom. The average Bonchev–Trinajstić information content (AvgIpc) is 2.34. The van der Waals surface area contributed by atoms with Gasteiger partial charge in [-0.2, -0.15) is 11.8 Å². The molecule has 0 fully saturated rings. The van der Waals surface area contributed by atoms with Crippen molar-refractivity contribution in [1.29, 1.82) is 0 Å². The van der Waals surface area contributed by atoms with E-state index in [0.717, 1.165) is 12.3 Å². The number of benzene rings is 1. The molecule has 0 saturated heterocycles. The van der Waals surface area contributed by atoms with Gasteiger partial charge in [0.15, 0.2) is 0 Å². The molecule has 0 aliphatic rings. The first-order valence-corrected chi connectivity index (χ1v) is 7.75. The Kier molecular flexibility index (Phi) is 7.38. The molecule has 2 heteroatoms. The van der Waals surface area contributed by atoms with Crippen LogP contribution in [0.25, 0.3) is 0 Å². The lowest BCUT2D eigenvalue weighted by Gasteiger charge is -2.12. The van der Waals surface area contributed by atoms with Crippen molar-refractivity contribution in [3.8, 4) is 0 Å². The van der Waals surface area contributed by atoms with Crippen molar-refractivity contribution < 1.29 is 0 Å². The molecule has 1 aromatic carbocycles. The summed E-state index contributed by atoms with van der Waals surface area (Å²) in [6, 6.07) is 9.33. The van der Waals surface area contributed by atoms with E-state index in [2.05, 4.69) is 50.4 Å². The lowest BCUT2D eigenvalue weighted by Crippen LogP contribution is -2.27. The van der Waals surface area contributed by atoms with Gasteiger partial charge in [0.05, 0.1) is 0 Å². The van der Waals surface area contributed by atoms with Gasteiger partial charge in [-0.3, -0.25) is 0 Å². The van der Waals surface area contributed by atoms with Gasteiger partial charge >= 0.3 is 0 Å². The van der Waals surface area contributed by atoms with Gasteiger partial charge in [-0.05, 0) is 50.1 Å². The Morgan fingerprint density at radius 3 is 2.76 bits per heavy atom. The molecule has 1 aromatic rings. The van der Waals surface area contributed by atoms with E-state index in [9.17, 15) is 0 Å². The van der Waals surface area contributed by atoms with Gasteiger partial charge in [0.2, 0.25) is 0 Å². The van der Waals surface area contributed by atoms with E-state index in [0.29, 0.717) is 6.04 Å². The van der Waals surface area contributed by atoms with Crippen molar-refractivity contribution in [2.24, 2.45) is 0 Å². The molecule has 0 saturated carbocycles. The Balaban J connectivity index is 2.14. The van der Waals surface area contributed by atoms with Crippen LogP contribution in [0.3, 0.4) is 0 Å². The highest BCUT2D eigenvalue weighted by molar-refractivity contribution is 7.98. The summed E-state index contributed by atoms with van der Waals surface area (Å²) in [5.74, 6) is 2.39. The molecule has 0 heterocycles.